The molecule has 0 aliphatic heterocycles. The normalized spacial score (nSPS) is 11.3. The summed E-state index contributed by atoms with van der Waals surface area (Å²) in [6.45, 7) is 0. The highest BCUT2D eigenvalue weighted by atomic mass is 35.5. The van der Waals surface area contributed by atoms with E-state index < -0.39 is 9.84 Å². The van der Waals surface area contributed by atoms with Gasteiger partial charge in [-0.1, -0.05) is 41.6 Å². The van der Waals surface area contributed by atoms with Crippen molar-refractivity contribution >= 4 is 44.8 Å². The quantitative estimate of drug-likeness (QED) is 0.370. The number of rotatable bonds is 7. The Morgan fingerprint density at radius 3 is 2.27 bits per heavy atom. The molecule has 4 aromatic rings. The van der Waals surface area contributed by atoms with Gasteiger partial charge in [0, 0.05) is 28.2 Å². The molecule has 0 atom stereocenters. The molecule has 3 aromatic carbocycles. The maximum Gasteiger partial charge on any atom is 0.234 e. The number of para-hydroxylation sites is 1. The fourth-order valence-electron chi connectivity index (χ4n) is 3.07. The smallest absolute Gasteiger partial charge is 0.234 e. The molecule has 0 aliphatic rings. The summed E-state index contributed by atoms with van der Waals surface area (Å²) in [6.07, 6.45) is 1.14. The molecule has 4 rings (SSSR count). The van der Waals surface area contributed by atoms with E-state index in [2.05, 4.69) is 15.5 Å². The number of nitrogens with zero attached hydrogens (tertiary/aromatic N) is 3. The van der Waals surface area contributed by atoms with Crippen molar-refractivity contribution in [1.29, 1.82) is 0 Å². The average molecular weight is 499 g/mol. The van der Waals surface area contributed by atoms with Crippen molar-refractivity contribution in [2.45, 2.75) is 10.1 Å². The zero-order valence-corrected chi connectivity index (χ0v) is 19.9. The molecule has 0 saturated carbocycles. The summed E-state index contributed by atoms with van der Waals surface area (Å²) < 4.78 is 25.1. The summed E-state index contributed by atoms with van der Waals surface area (Å²) in [4.78, 5) is 12.7. The first-order valence-corrected chi connectivity index (χ1v) is 13.1. The van der Waals surface area contributed by atoms with Crippen LogP contribution in [-0.4, -0.2) is 41.1 Å². The Hall–Kier alpha value is -3.14. The van der Waals surface area contributed by atoms with Gasteiger partial charge in [0.25, 0.3) is 0 Å². The third kappa shape index (κ3) is 5.62. The minimum absolute atomic E-state index is 0.0966. The second kappa shape index (κ2) is 9.78. The lowest BCUT2D eigenvalue weighted by molar-refractivity contribution is -0.113. The van der Waals surface area contributed by atoms with E-state index in [4.69, 9.17) is 11.6 Å². The Morgan fingerprint density at radius 1 is 0.970 bits per heavy atom. The number of hydrogen-bond donors (Lipinski definition) is 1. The van der Waals surface area contributed by atoms with Crippen LogP contribution in [0, 0.1) is 0 Å². The molecule has 168 valence electrons. The lowest BCUT2D eigenvalue weighted by Gasteiger charge is -2.10. The molecule has 1 amide bonds. The number of halogens is 1. The van der Waals surface area contributed by atoms with E-state index in [-0.39, 0.29) is 16.6 Å². The monoisotopic (exact) mass is 498 g/mol. The molecule has 0 spiro atoms. The molecule has 0 saturated heterocycles. The van der Waals surface area contributed by atoms with Crippen LogP contribution in [0.5, 0.6) is 0 Å². The summed E-state index contributed by atoms with van der Waals surface area (Å²) in [5.41, 5.74) is 2.23. The van der Waals surface area contributed by atoms with Gasteiger partial charge in [-0.2, -0.15) is 0 Å². The van der Waals surface area contributed by atoms with Crippen LogP contribution in [0.3, 0.4) is 0 Å². The van der Waals surface area contributed by atoms with Crippen molar-refractivity contribution < 1.29 is 13.2 Å². The van der Waals surface area contributed by atoms with Crippen LogP contribution in [0.2, 0.25) is 5.02 Å². The van der Waals surface area contributed by atoms with E-state index in [1.807, 2.05) is 47.0 Å². The topological polar surface area (TPSA) is 93.9 Å². The first-order valence-electron chi connectivity index (χ1n) is 9.81. The predicted molar refractivity (Wildman–Crippen MR) is 131 cm³/mol. The van der Waals surface area contributed by atoms with Gasteiger partial charge < -0.3 is 5.32 Å². The lowest BCUT2D eigenvalue weighted by Crippen LogP contribution is -2.14. The molecule has 10 heteroatoms. The van der Waals surface area contributed by atoms with Crippen LogP contribution in [0.4, 0.5) is 5.69 Å². The van der Waals surface area contributed by atoms with Gasteiger partial charge in [0.15, 0.2) is 20.8 Å². The standard InChI is InChI=1S/C23H19ClN4O3S2/c1-33(30,31)20-13-11-18(12-14-20)25-21(29)15-32-23-27-26-22(16-7-9-17(24)10-8-16)28(23)19-5-3-2-4-6-19/h2-14H,15H2,1H3,(H,25,29). The number of hydrogen-bond acceptors (Lipinski definition) is 6. The van der Waals surface area contributed by atoms with Crippen molar-refractivity contribution in [1.82, 2.24) is 14.8 Å². The molecule has 1 N–H and O–H groups in total. The van der Waals surface area contributed by atoms with E-state index in [1.54, 1.807) is 24.3 Å². The van der Waals surface area contributed by atoms with Crippen LogP contribution >= 0.6 is 23.4 Å². The Labute approximate surface area is 200 Å². The van der Waals surface area contributed by atoms with E-state index in [1.165, 1.54) is 23.9 Å². The number of anilines is 1. The van der Waals surface area contributed by atoms with Crippen LogP contribution in [0.1, 0.15) is 0 Å². The molecule has 0 bridgehead atoms. The van der Waals surface area contributed by atoms with Crippen molar-refractivity contribution in [3.8, 4) is 17.1 Å². The number of thioether (sulfide) groups is 1. The fourth-order valence-corrected chi connectivity index (χ4v) is 4.58. The summed E-state index contributed by atoms with van der Waals surface area (Å²) in [6, 6.07) is 23.0. The van der Waals surface area contributed by atoms with Gasteiger partial charge in [0.05, 0.1) is 10.6 Å². The molecule has 0 radical (unpaired) electrons. The van der Waals surface area contributed by atoms with E-state index in [0.717, 1.165) is 17.5 Å². The van der Waals surface area contributed by atoms with Crippen molar-refractivity contribution in [3.63, 3.8) is 0 Å². The van der Waals surface area contributed by atoms with Crippen molar-refractivity contribution in [2.24, 2.45) is 0 Å². The van der Waals surface area contributed by atoms with Gasteiger partial charge in [0.2, 0.25) is 5.91 Å². The number of carbonyl (C=O) groups is 1. The fraction of sp³-hybridized carbons (Fsp3) is 0.0870. The van der Waals surface area contributed by atoms with Gasteiger partial charge in [-0.25, -0.2) is 8.42 Å². The van der Waals surface area contributed by atoms with Gasteiger partial charge in [0.1, 0.15) is 0 Å². The maximum absolute atomic E-state index is 12.5. The highest BCUT2D eigenvalue weighted by Gasteiger charge is 2.17. The molecule has 7 nitrogen and oxygen atoms in total. The summed E-state index contributed by atoms with van der Waals surface area (Å²) in [7, 11) is -3.29. The van der Waals surface area contributed by atoms with Crippen molar-refractivity contribution in [3.05, 3.63) is 83.9 Å². The maximum atomic E-state index is 12.5. The first-order chi connectivity index (χ1) is 15.8. The Morgan fingerprint density at radius 2 is 1.64 bits per heavy atom. The van der Waals surface area contributed by atoms with Gasteiger partial charge in [-0.3, -0.25) is 9.36 Å². The Bertz CT molecular complexity index is 1370. The number of amides is 1. The second-order valence-electron chi connectivity index (χ2n) is 7.12. The third-order valence-electron chi connectivity index (χ3n) is 4.65. The third-order valence-corrected chi connectivity index (χ3v) is 6.96. The molecule has 0 aliphatic carbocycles. The van der Waals surface area contributed by atoms with E-state index in [0.29, 0.717) is 21.7 Å². The van der Waals surface area contributed by atoms with Gasteiger partial charge in [-0.15, -0.1) is 10.2 Å². The molecule has 1 aromatic heterocycles. The number of benzene rings is 3. The van der Waals surface area contributed by atoms with Gasteiger partial charge in [-0.05, 0) is 60.7 Å². The SMILES string of the molecule is CS(=O)(=O)c1ccc(NC(=O)CSc2nnc(-c3ccc(Cl)cc3)n2-c2ccccc2)cc1. The second-order valence-corrected chi connectivity index (χ2v) is 10.5. The number of sulfone groups is 1. The zero-order valence-electron chi connectivity index (χ0n) is 17.5. The summed E-state index contributed by atoms with van der Waals surface area (Å²) >= 11 is 7.27. The highest BCUT2D eigenvalue weighted by molar-refractivity contribution is 7.99. The molecular weight excluding hydrogens is 480 g/mol. The number of carbonyl (C=O) groups excluding carboxylic acids is 1. The van der Waals surface area contributed by atoms with Crippen LogP contribution in [0.15, 0.2) is 88.9 Å². The van der Waals surface area contributed by atoms with Crippen LogP contribution < -0.4 is 5.32 Å². The number of nitrogens with one attached hydrogen (secondary N) is 1. The molecule has 0 fully saturated rings. The Kier molecular flexibility index (Phi) is 6.83. The molecule has 33 heavy (non-hydrogen) atoms. The van der Waals surface area contributed by atoms with Gasteiger partial charge >= 0.3 is 0 Å². The minimum Gasteiger partial charge on any atom is -0.325 e. The largest absolute Gasteiger partial charge is 0.325 e. The first kappa shape index (κ1) is 23.0. The van der Waals surface area contributed by atoms with E-state index >= 15 is 0 Å². The van der Waals surface area contributed by atoms with Crippen molar-refractivity contribution in [2.75, 3.05) is 17.3 Å². The molecule has 0 unspecified atom stereocenters. The van der Waals surface area contributed by atoms with Crippen LogP contribution in [0.25, 0.3) is 17.1 Å². The summed E-state index contributed by atoms with van der Waals surface area (Å²) in [5, 5.41) is 12.6. The van der Waals surface area contributed by atoms with Crippen LogP contribution in [-0.2, 0) is 14.6 Å². The minimum atomic E-state index is -3.29. The number of aromatic nitrogens is 3. The predicted octanol–water partition coefficient (Wildman–Crippen LogP) is 4.72. The Balaban J connectivity index is 1.53. The molecule has 1 heterocycles. The summed E-state index contributed by atoms with van der Waals surface area (Å²) in [5.74, 6) is 0.485. The lowest BCUT2D eigenvalue weighted by atomic mass is 10.2. The molecular formula is C23H19ClN4O3S2. The average Bonchev–Trinajstić information content (AvgIpc) is 3.22. The highest BCUT2D eigenvalue weighted by Crippen LogP contribution is 2.28. The zero-order chi connectivity index (χ0) is 23.4. The van der Waals surface area contributed by atoms with E-state index in [9.17, 15) is 13.2 Å².